The highest BCUT2D eigenvalue weighted by atomic mass is 16.3. The van der Waals surface area contributed by atoms with Gasteiger partial charge in [0.25, 0.3) is 0 Å². The van der Waals surface area contributed by atoms with E-state index in [0.29, 0.717) is 12.5 Å². The Morgan fingerprint density at radius 3 is 2.50 bits per heavy atom. The molecule has 1 aromatic carbocycles. The highest BCUT2D eigenvalue weighted by molar-refractivity contribution is 5.80. The van der Waals surface area contributed by atoms with Gasteiger partial charge < -0.3 is 20.2 Å². The molecule has 5 nitrogen and oxygen atoms in total. The lowest BCUT2D eigenvalue weighted by atomic mass is 9.96. The lowest BCUT2D eigenvalue weighted by Crippen LogP contribution is -2.45. The van der Waals surface area contributed by atoms with Crippen molar-refractivity contribution in [2.45, 2.75) is 31.9 Å². The Kier molecular flexibility index (Phi) is 7.21. The monoisotopic (exact) mass is 333 g/mol. The second-order valence-corrected chi connectivity index (χ2v) is 7.03. The van der Waals surface area contributed by atoms with E-state index in [1.165, 1.54) is 0 Å². The first kappa shape index (κ1) is 18.9. The van der Waals surface area contributed by atoms with Gasteiger partial charge in [0.05, 0.1) is 12.1 Å². The molecule has 0 saturated carbocycles. The standard InChI is InChI=1S/C19H31N3O2/c1-15(19(24)21(2)3)20-13-16-9-11-22(12-10-16)14-18(23)17-7-5-4-6-8-17/h4-8,15-16,18,20,23H,9-14H2,1-3H3. The normalized spacial score (nSPS) is 19.0. The van der Waals surface area contributed by atoms with E-state index in [4.69, 9.17) is 0 Å². The fourth-order valence-corrected chi connectivity index (χ4v) is 3.22. The number of rotatable bonds is 7. The molecule has 0 radical (unpaired) electrons. The number of amides is 1. The lowest BCUT2D eigenvalue weighted by Gasteiger charge is -2.33. The number of piperidine rings is 1. The number of nitrogens with one attached hydrogen (secondary N) is 1. The molecule has 1 fully saturated rings. The molecule has 2 rings (SSSR count). The van der Waals surface area contributed by atoms with Crippen LogP contribution in [0.5, 0.6) is 0 Å². The molecule has 2 N–H and O–H groups in total. The first-order valence-electron chi connectivity index (χ1n) is 8.87. The Bertz CT molecular complexity index is 499. The maximum Gasteiger partial charge on any atom is 0.238 e. The minimum Gasteiger partial charge on any atom is -0.387 e. The van der Waals surface area contributed by atoms with Gasteiger partial charge in [0.1, 0.15) is 0 Å². The number of likely N-dealkylation sites (tertiary alicyclic amines) is 1. The zero-order valence-electron chi connectivity index (χ0n) is 15.1. The Balaban J connectivity index is 1.69. The summed E-state index contributed by atoms with van der Waals surface area (Å²) in [4.78, 5) is 15.8. The van der Waals surface area contributed by atoms with Crippen LogP contribution in [0, 0.1) is 5.92 Å². The Labute approximate surface area is 145 Å². The minimum absolute atomic E-state index is 0.124. The van der Waals surface area contributed by atoms with Gasteiger partial charge in [-0.1, -0.05) is 30.3 Å². The topological polar surface area (TPSA) is 55.8 Å². The fourth-order valence-electron chi connectivity index (χ4n) is 3.22. The molecule has 0 spiro atoms. The predicted molar refractivity (Wildman–Crippen MR) is 96.7 cm³/mol. The predicted octanol–water partition coefficient (Wildman–Crippen LogP) is 1.50. The van der Waals surface area contributed by atoms with Crippen LogP contribution in [0.25, 0.3) is 0 Å². The number of aliphatic hydroxyl groups is 1. The van der Waals surface area contributed by atoms with Crippen molar-refractivity contribution >= 4 is 5.91 Å². The highest BCUT2D eigenvalue weighted by Gasteiger charge is 2.23. The van der Waals surface area contributed by atoms with Crippen molar-refractivity contribution in [3.05, 3.63) is 35.9 Å². The van der Waals surface area contributed by atoms with Gasteiger partial charge in [-0.05, 0) is 50.9 Å². The summed E-state index contributed by atoms with van der Waals surface area (Å²) in [7, 11) is 3.58. The molecule has 1 aliphatic rings. The summed E-state index contributed by atoms with van der Waals surface area (Å²) < 4.78 is 0. The highest BCUT2D eigenvalue weighted by Crippen LogP contribution is 2.20. The van der Waals surface area contributed by atoms with Crippen LogP contribution >= 0.6 is 0 Å². The van der Waals surface area contributed by atoms with Crippen molar-refractivity contribution in [1.82, 2.24) is 15.1 Å². The number of β-amino-alcohol motifs (C(OH)–C–C–N with tert-alkyl or cyclic N) is 1. The van der Waals surface area contributed by atoms with E-state index in [0.717, 1.165) is 38.0 Å². The summed E-state index contributed by atoms with van der Waals surface area (Å²) in [5, 5.41) is 13.7. The quantitative estimate of drug-likeness (QED) is 0.794. The Morgan fingerprint density at radius 2 is 1.92 bits per heavy atom. The van der Waals surface area contributed by atoms with Gasteiger partial charge in [-0.2, -0.15) is 0 Å². The van der Waals surface area contributed by atoms with Gasteiger partial charge in [-0.25, -0.2) is 0 Å². The minimum atomic E-state index is -0.418. The molecule has 24 heavy (non-hydrogen) atoms. The zero-order valence-corrected chi connectivity index (χ0v) is 15.1. The number of hydrogen-bond donors (Lipinski definition) is 2. The number of carbonyl (C=O) groups excluding carboxylic acids is 1. The third-order valence-electron chi connectivity index (χ3n) is 4.85. The number of benzene rings is 1. The SMILES string of the molecule is CC(NCC1CCN(CC(O)c2ccccc2)CC1)C(=O)N(C)C. The van der Waals surface area contributed by atoms with E-state index >= 15 is 0 Å². The average molecular weight is 333 g/mol. The molecule has 1 heterocycles. The van der Waals surface area contributed by atoms with Crippen molar-refractivity contribution in [2.75, 3.05) is 40.3 Å². The molecule has 1 amide bonds. The number of likely N-dealkylation sites (N-methyl/N-ethyl adjacent to an activating group) is 1. The zero-order chi connectivity index (χ0) is 17.5. The summed E-state index contributed by atoms with van der Waals surface area (Å²) >= 11 is 0. The summed E-state index contributed by atoms with van der Waals surface area (Å²) in [5.74, 6) is 0.728. The molecule has 134 valence electrons. The van der Waals surface area contributed by atoms with E-state index in [1.54, 1.807) is 19.0 Å². The van der Waals surface area contributed by atoms with Crippen LogP contribution in [-0.4, -0.2) is 67.1 Å². The Morgan fingerprint density at radius 1 is 1.29 bits per heavy atom. The van der Waals surface area contributed by atoms with Gasteiger partial charge in [-0.15, -0.1) is 0 Å². The van der Waals surface area contributed by atoms with Crippen molar-refractivity contribution in [3.8, 4) is 0 Å². The van der Waals surface area contributed by atoms with Crippen LogP contribution < -0.4 is 5.32 Å². The molecule has 2 unspecified atom stereocenters. The fraction of sp³-hybridized carbons (Fsp3) is 0.632. The molecule has 5 heteroatoms. The van der Waals surface area contributed by atoms with E-state index in [9.17, 15) is 9.90 Å². The van der Waals surface area contributed by atoms with Gasteiger partial charge in [-0.3, -0.25) is 4.79 Å². The van der Waals surface area contributed by atoms with Crippen molar-refractivity contribution < 1.29 is 9.90 Å². The van der Waals surface area contributed by atoms with E-state index < -0.39 is 6.10 Å². The van der Waals surface area contributed by atoms with Gasteiger partial charge >= 0.3 is 0 Å². The van der Waals surface area contributed by atoms with Crippen LogP contribution in [0.15, 0.2) is 30.3 Å². The third-order valence-corrected chi connectivity index (χ3v) is 4.85. The number of carbonyl (C=O) groups is 1. The van der Waals surface area contributed by atoms with Crippen molar-refractivity contribution in [1.29, 1.82) is 0 Å². The van der Waals surface area contributed by atoms with Crippen molar-refractivity contribution in [2.24, 2.45) is 5.92 Å². The summed E-state index contributed by atoms with van der Waals surface area (Å²) in [6, 6.07) is 9.73. The molecular weight excluding hydrogens is 302 g/mol. The molecule has 0 aromatic heterocycles. The van der Waals surface area contributed by atoms with Crippen LogP contribution in [-0.2, 0) is 4.79 Å². The third kappa shape index (κ3) is 5.58. The first-order valence-corrected chi connectivity index (χ1v) is 8.87. The number of aliphatic hydroxyl groups excluding tert-OH is 1. The summed E-state index contributed by atoms with van der Waals surface area (Å²) in [6.07, 6.45) is 1.80. The van der Waals surface area contributed by atoms with Gasteiger partial charge in [0.2, 0.25) is 5.91 Å². The molecular formula is C19H31N3O2. The molecule has 1 aromatic rings. The molecule has 1 aliphatic heterocycles. The molecule has 0 bridgehead atoms. The lowest BCUT2D eigenvalue weighted by molar-refractivity contribution is -0.130. The smallest absolute Gasteiger partial charge is 0.238 e. The van der Waals surface area contributed by atoms with Crippen LogP contribution in [0.1, 0.15) is 31.4 Å². The van der Waals surface area contributed by atoms with Gasteiger partial charge in [0.15, 0.2) is 0 Å². The van der Waals surface area contributed by atoms with Crippen LogP contribution in [0.2, 0.25) is 0 Å². The molecule has 0 aliphatic carbocycles. The van der Waals surface area contributed by atoms with Crippen LogP contribution in [0.4, 0.5) is 0 Å². The summed E-state index contributed by atoms with van der Waals surface area (Å²) in [5.41, 5.74) is 0.984. The largest absolute Gasteiger partial charge is 0.387 e. The van der Waals surface area contributed by atoms with E-state index in [2.05, 4.69) is 10.2 Å². The van der Waals surface area contributed by atoms with Gasteiger partial charge in [0, 0.05) is 20.6 Å². The number of hydrogen-bond acceptors (Lipinski definition) is 4. The second-order valence-electron chi connectivity index (χ2n) is 7.03. The molecule has 1 saturated heterocycles. The van der Waals surface area contributed by atoms with Crippen LogP contribution in [0.3, 0.4) is 0 Å². The number of nitrogens with zero attached hydrogens (tertiary/aromatic N) is 2. The Hall–Kier alpha value is -1.43. The van der Waals surface area contributed by atoms with E-state index in [1.807, 2.05) is 37.3 Å². The average Bonchev–Trinajstić information content (AvgIpc) is 2.60. The van der Waals surface area contributed by atoms with Crippen molar-refractivity contribution in [3.63, 3.8) is 0 Å². The molecule has 2 atom stereocenters. The first-order chi connectivity index (χ1) is 11.5. The van der Waals surface area contributed by atoms with E-state index in [-0.39, 0.29) is 11.9 Å². The maximum absolute atomic E-state index is 11.9. The second kappa shape index (κ2) is 9.16. The summed E-state index contributed by atoms with van der Waals surface area (Å²) in [6.45, 7) is 5.52. The maximum atomic E-state index is 11.9.